The highest BCUT2D eigenvalue weighted by molar-refractivity contribution is 5.54. The molecular formula is C13H19N3O2. The Labute approximate surface area is 107 Å². The fraction of sp³-hybridized carbons (Fsp3) is 0.538. The number of hydrogen-bond donors (Lipinski definition) is 2. The highest BCUT2D eigenvalue weighted by Crippen LogP contribution is 2.22. The van der Waals surface area contributed by atoms with Crippen LogP contribution in [0.2, 0.25) is 0 Å². The molecule has 18 heavy (non-hydrogen) atoms. The van der Waals surface area contributed by atoms with Crippen LogP contribution >= 0.6 is 0 Å². The second-order valence-corrected chi connectivity index (χ2v) is 4.77. The van der Waals surface area contributed by atoms with Gasteiger partial charge in [-0.1, -0.05) is 6.07 Å². The van der Waals surface area contributed by atoms with E-state index in [0.717, 1.165) is 25.2 Å². The molecule has 1 aliphatic heterocycles. The molecule has 0 amide bonds. The number of benzene rings is 1. The monoisotopic (exact) mass is 249 g/mol. The summed E-state index contributed by atoms with van der Waals surface area (Å²) < 4.78 is 0. The number of aryl methyl sites for hydroxylation is 1. The van der Waals surface area contributed by atoms with Crippen LogP contribution in [0.25, 0.3) is 0 Å². The first-order chi connectivity index (χ1) is 8.66. The summed E-state index contributed by atoms with van der Waals surface area (Å²) >= 11 is 0. The zero-order chi connectivity index (χ0) is 13.0. The smallest absolute Gasteiger partial charge is 0.274 e. The summed E-state index contributed by atoms with van der Waals surface area (Å²) in [6.07, 6.45) is 3.54. The molecule has 0 bridgehead atoms. The van der Waals surface area contributed by atoms with E-state index in [0.29, 0.717) is 11.6 Å². The van der Waals surface area contributed by atoms with Crippen molar-refractivity contribution in [3.8, 4) is 0 Å². The van der Waals surface area contributed by atoms with E-state index in [4.69, 9.17) is 0 Å². The summed E-state index contributed by atoms with van der Waals surface area (Å²) in [5.74, 6) is 0. The standard InChI is InChI=1S/C13H19N3O2/c1-10-4-5-12(9-13(10)16(17)18)15-8-6-11-3-2-7-14-11/h4-5,9,11,14-15H,2-3,6-8H2,1H3/t11-/m1/s1. The van der Waals surface area contributed by atoms with E-state index >= 15 is 0 Å². The quantitative estimate of drug-likeness (QED) is 0.621. The van der Waals surface area contributed by atoms with Crippen LogP contribution in [0.5, 0.6) is 0 Å². The first-order valence-corrected chi connectivity index (χ1v) is 6.39. The number of nitrogens with one attached hydrogen (secondary N) is 2. The Hall–Kier alpha value is -1.62. The lowest BCUT2D eigenvalue weighted by Gasteiger charge is -2.11. The van der Waals surface area contributed by atoms with Gasteiger partial charge in [-0.25, -0.2) is 0 Å². The number of nitrogens with zero attached hydrogens (tertiary/aromatic N) is 1. The van der Waals surface area contributed by atoms with Crippen molar-refractivity contribution in [3.05, 3.63) is 33.9 Å². The summed E-state index contributed by atoms with van der Waals surface area (Å²) in [5, 5.41) is 17.5. The summed E-state index contributed by atoms with van der Waals surface area (Å²) in [4.78, 5) is 10.5. The summed E-state index contributed by atoms with van der Waals surface area (Å²) in [6.45, 7) is 3.71. The summed E-state index contributed by atoms with van der Waals surface area (Å²) in [7, 11) is 0. The molecule has 1 heterocycles. The third kappa shape index (κ3) is 3.20. The Morgan fingerprint density at radius 1 is 1.56 bits per heavy atom. The minimum absolute atomic E-state index is 0.180. The van der Waals surface area contributed by atoms with E-state index in [-0.39, 0.29) is 10.6 Å². The van der Waals surface area contributed by atoms with Crippen molar-refractivity contribution in [3.63, 3.8) is 0 Å². The van der Waals surface area contributed by atoms with Gasteiger partial charge in [-0.15, -0.1) is 0 Å². The minimum Gasteiger partial charge on any atom is -0.385 e. The van der Waals surface area contributed by atoms with Crippen LogP contribution in [0.1, 0.15) is 24.8 Å². The predicted octanol–water partition coefficient (Wildman–Crippen LogP) is 2.46. The molecule has 0 radical (unpaired) electrons. The number of rotatable bonds is 5. The lowest BCUT2D eigenvalue weighted by atomic mass is 10.1. The van der Waals surface area contributed by atoms with Crippen LogP contribution < -0.4 is 10.6 Å². The van der Waals surface area contributed by atoms with Crippen molar-refractivity contribution in [1.82, 2.24) is 5.32 Å². The van der Waals surface area contributed by atoms with Gasteiger partial charge in [-0.3, -0.25) is 10.1 Å². The van der Waals surface area contributed by atoms with Crippen molar-refractivity contribution in [2.24, 2.45) is 0 Å². The van der Waals surface area contributed by atoms with E-state index in [2.05, 4.69) is 10.6 Å². The second kappa shape index (κ2) is 5.82. The average Bonchev–Trinajstić information content (AvgIpc) is 2.84. The van der Waals surface area contributed by atoms with Gasteiger partial charge in [0.05, 0.1) is 4.92 Å². The molecule has 2 N–H and O–H groups in total. The van der Waals surface area contributed by atoms with Gasteiger partial charge >= 0.3 is 0 Å². The molecule has 1 fully saturated rings. The van der Waals surface area contributed by atoms with E-state index in [1.165, 1.54) is 12.8 Å². The number of nitro groups is 1. The van der Waals surface area contributed by atoms with E-state index in [1.807, 2.05) is 6.07 Å². The molecule has 1 aromatic carbocycles. The van der Waals surface area contributed by atoms with Gasteiger partial charge in [0.2, 0.25) is 0 Å². The van der Waals surface area contributed by atoms with Gasteiger partial charge < -0.3 is 10.6 Å². The lowest BCUT2D eigenvalue weighted by Crippen LogP contribution is -2.24. The zero-order valence-electron chi connectivity index (χ0n) is 10.6. The van der Waals surface area contributed by atoms with Gasteiger partial charge in [0.15, 0.2) is 0 Å². The van der Waals surface area contributed by atoms with Crippen molar-refractivity contribution in [1.29, 1.82) is 0 Å². The highest BCUT2D eigenvalue weighted by atomic mass is 16.6. The number of anilines is 1. The average molecular weight is 249 g/mol. The Kier molecular flexibility index (Phi) is 4.15. The van der Waals surface area contributed by atoms with Crippen molar-refractivity contribution in [2.75, 3.05) is 18.4 Å². The molecule has 1 aromatic rings. The minimum atomic E-state index is -0.334. The third-order valence-electron chi connectivity index (χ3n) is 3.39. The number of nitro benzene ring substituents is 1. The molecule has 1 saturated heterocycles. The molecule has 0 unspecified atom stereocenters. The van der Waals surface area contributed by atoms with Crippen LogP contribution in [0.3, 0.4) is 0 Å². The molecule has 0 spiro atoms. The fourth-order valence-corrected chi connectivity index (χ4v) is 2.31. The lowest BCUT2D eigenvalue weighted by molar-refractivity contribution is -0.385. The van der Waals surface area contributed by atoms with Crippen LogP contribution in [-0.4, -0.2) is 24.1 Å². The van der Waals surface area contributed by atoms with Crippen LogP contribution in [0.4, 0.5) is 11.4 Å². The molecule has 5 nitrogen and oxygen atoms in total. The van der Waals surface area contributed by atoms with Gasteiger partial charge in [0.25, 0.3) is 5.69 Å². The molecule has 0 aromatic heterocycles. The van der Waals surface area contributed by atoms with Crippen LogP contribution in [0, 0.1) is 17.0 Å². The highest BCUT2D eigenvalue weighted by Gasteiger charge is 2.14. The maximum absolute atomic E-state index is 10.8. The topological polar surface area (TPSA) is 67.2 Å². The second-order valence-electron chi connectivity index (χ2n) is 4.77. The molecule has 98 valence electrons. The normalized spacial score (nSPS) is 18.8. The Morgan fingerprint density at radius 3 is 3.06 bits per heavy atom. The molecule has 0 saturated carbocycles. The van der Waals surface area contributed by atoms with Crippen molar-refractivity contribution >= 4 is 11.4 Å². The SMILES string of the molecule is Cc1ccc(NCC[C@H]2CCCN2)cc1[N+](=O)[O-]. The molecule has 0 aliphatic carbocycles. The molecule has 2 rings (SSSR count). The summed E-state index contributed by atoms with van der Waals surface area (Å²) in [6, 6.07) is 5.88. The van der Waals surface area contributed by atoms with E-state index in [9.17, 15) is 10.1 Å². The summed E-state index contributed by atoms with van der Waals surface area (Å²) in [5.41, 5.74) is 1.70. The first-order valence-electron chi connectivity index (χ1n) is 6.39. The number of hydrogen-bond acceptors (Lipinski definition) is 4. The molecule has 1 atom stereocenters. The predicted molar refractivity (Wildman–Crippen MR) is 72.0 cm³/mol. The van der Waals surface area contributed by atoms with Crippen LogP contribution in [0.15, 0.2) is 18.2 Å². The Balaban J connectivity index is 1.88. The van der Waals surface area contributed by atoms with Crippen molar-refractivity contribution < 1.29 is 4.92 Å². The maximum Gasteiger partial charge on any atom is 0.274 e. The zero-order valence-corrected chi connectivity index (χ0v) is 10.6. The van der Waals surface area contributed by atoms with Crippen molar-refractivity contribution in [2.45, 2.75) is 32.2 Å². The fourth-order valence-electron chi connectivity index (χ4n) is 2.31. The van der Waals surface area contributed by atoms with Gasteiger partial charge in [0.1, 0.15) is 0 Å². The third-order valence-corrected chi connectivity index (χ3v) is 3.39. The van der Waals surface area contributed by atoms with E-state index in [1.54, 1.807) is 19.1 Å². The van der Waals surface area contributed by atoms with Crippen LogP contribution in [-0.2, 0) is 0 Å². The van der Waals surface area contributed by atoms with Gasteiger partial charge in [-0.2, -0.15) is 0 Å². The molecular weight excluding hydrogens is 230 g/mol. The maximum atomic E-state index is 10.8. The molecule has 5 heteroatoms. The van der Waals surface area contributed by atoms with E-state index < -0.39 is 0 Å². The first kappa shape index (κ1) is 12.8. The largest absolute Gasteiger partial charge is 0.385 e. The Bertz CT molecular complexity index is 428. The molecule has 1 aliphatic rings. The van der Waals surface area contributed by atoms with Gasteiger partial charge in [0, 0.05) is 29.9 Å². The Morgan fingerprint density at radius 2 is 2.39 bits per heavy atom. The van der Waals surface area contributed by atoms with Gasteiger partial charge in [-0.05, 0) is 38.8 Å².